The monoisotopic (exact) mass is 282 g/mol. The van der Waals surface area contributed by atoms with E-state index >= 15 is 0 Å². The highest BCUT2D eigenvalue weighted by molar-refractivity contribution is 5.91. The van der Waals surface area contributed by atoms with Gasteiger partial charge in [0, 0.05) is 24.0 Å². The highest BCUT2D eigenvalue weighted by atomic mass is 16.7. The minimum absolute atomic E-state index is 0.0537. The molecule has 20 heavy (non-hydrogen) atoms. The Balaban J connectivity index is 5.14. The maximum atomic E-state index is 11.5. The molecule has 0 radical (unpaired) electrons. The van der Waals surface area contributed by atoms with Gasteiger partial charge in [0.15, 0.2) is 0 Å². The Morgan fingerprint density at radius 3 is 1.80 bits per heavy atom. The molecule has 0 fully saturated rings. The summed E-state index contributed by atoms with van der Waals surface area (Å²) < 4.78 is 9.82. The molecular weight excluding hydrogens is 264 g/mol. The molecule has 0 aliphatic heterocycles. The molecule has 0 rings (SSSR count). The van der Waals surface area contributed by atoms with Crippen LogP contribution < -0.4 is 0 Å². The molecule has 0 aromatic carbocycles. The molecule has 6 heteroatoms. The Bertz CT molecular complexity index is 407. The first-order chi connectivity index (χ1) is 9.28. The molecule has 0 amide bonds. The van der Waals surface area contributed by atoms with Gasteiger partial charge in [-0.1, -0.05) is 13.2 Å². The lowest BCUT2D eigenvalue weighted by Gasteiger charge is -2.27. The summed E-state index contributed by atoms with van der Waals surface area (Å²) in [5.41, 5.74) is 0.107. The zero-order valence-corrected chi connectivity index (χ0v) is 11.6. The van der Waals surface area contributed by atoms with Gasteiger partial charge in [-0.15, -0.1) is 0 Å². The minimum Gasteiger partial charge on any atom is -0.412 e. The van der Waals surface area contributed by atoms with E-state index in [-0.39, 0.29) is 36.7 Å². The average molecular weight is 282 g/mol. The van der Waals surface area contributed by atoms with Crippen molar-refractivity contribution in [2.75, 3.05) is 0 Å². The highest BCUT2D eigenvalue weighted by Crippen LogP contribution is 2.21. The summed E-state index contributed by atoms with van der Waals surface area (Å²) in [6, 6.07) is 0. The largest absolute Gasteiger partial charge is 0.412 e. The summed E-state index contributed by atoms with van der Waals surface area (Å²) in [5.74, 6) is -3.79. The van der Waals surface area contributed by atoms with Crippen LogP contribution in [0, 0.1) is 0 Å². The second kappa shape index (κ2) is 8.04. The van der Waals surface area contributed by atoms with Crippen molar-refractivity contribution in [1.82, 2.24) is 0 Å². The molecule has 6 nitrogen and oxygen atoms in total. The van der Waals surface area contributed by atoms with Gasteiger partial charge in [-0.05, 0) is 20.3 Å². The highest BCUT2D eigenvalue weighted by Gasteiger charge is 2.38. The first-order valence-electron chi connectivity index (χ1n) is 5.95. The SMILES string of the molecule is C=C(C)C(=O)OC(C=O)(CCCC=O)OC(=O)C(=C)C. The van der Waals surface area contributed by atoms with Crippen LogP contribution in [0.25, 0.3) is 0 Å². The molecule has 0 atom stereocenters. The summed E-state index contributed by atoms with van der Waals surface area (Å²) in [6.45, 7) is 9.54. The number of hydrogen-bond donors (Lipinski definition) is 0. The van der Waals surface area contributed by atoms with Crippen molar-refractivity contribution < 1.29 is 28.7 Å². The molecule has 0 aliphatic rings. The topological polar surface area (TPSA) is 86.7 Å². The number of hydrogen-bond acceptors (Lipinski definition) is 6. The standard InChI is InChI=1S/C14H18O6/c1-10(2)12(17)19-14(9-16,7-5-6-8-15)20-13(18)11(3)4/h8-9H,1,3,5-7H2,2,4H3. The smallest absolute Gasteiger partial charge is 0.336 e. The van der Waals surface area contributed by atoms with Crippen molar-refractivity contribution in [2.24, 2.45) is 0 Å². The quantitative estimate of drug-likeness (QED) is 0.209. The van der Waals surface area contributed by atoms with E-state index in [1.165, 1.54) is 13.8 Å². The lowest BCUT2D eigenvalue weighted by molar-refractivity contribution is -0.217. The van der Waals surface area contributed by atoms with Crippen LogP contribution in [0.2, 0.25) is 0 Å². The number of rotatable bonds is 9. The molecular formula is C14H18O6. The van der Waals surface area contributed by atoms with Gasteiger partial charge in [-0.25, -0.2) is 9.59 Å². The first-order valence-corrected chi connectivity index (χ1v) is 5.95. The van der Waals surface area contributed by atoms with Gasteiger partial charge in [0.1, 0.15) is 6.29 Å². The van der Waals surface area contributed by atoms with Crippen molar-refractivity contribution in [3.8, 4) is 0 Å². The van der Waals surface area contributed by atoms with Crippen LogP contribution >= 0.6 is 0 Å². The van der Waals surface area contributed by atoms with Gasteiger partial charge in [-0.3, -0.25) is 4.79 Å². The van der Waals surface area contributed by atoms with Gasteiger partial charge >= 0.3 is 17.7 Å². The van der Waals surface area contributed by atoms with Gasteiger partial charge in [0.2, 0.25) is 6.29 Å². The van der Waals surface area contributed by atoms with Crippen LogP contribution in [-0.2, 0) is 28.7 Å². The van der Waals surface area contributed by atoms with Crippen LogP contribution in [0.15, 0.2) is 24.3 Å². The Morgan fingerprint density at radius 2 is 1.50 bits per heavy atom. The molecule has 0 aromatic heterocycles. The third-order valence-corrected chi connectivity index (χ3v) is 2.25. The summed E-state index contributed by atoms with van der Waals surface area (Å²) in [4.78, 5) is 44.6. The van der Waals surface area contributed by atoms with Crippen molar-refractivity contribution in [1.29, 1.82) is 0 Å². The van der Waals surface area contributed by atoms with Crippen LogP contribution in [0.3, 0.4) is 0 Å². The van der Waals surface area contributed by atoms with Crippen LogP contribution in [0.5, 0.6) is 0 Å². The molecule has 110 valence electrons. The van der Waals surface area contributed by atoms with Crippen molar-refractivity contribution in [2.45, 2.75) is 38.9 Å². The van der Waals surface area contributed by atoms with E-state index in [9.17, 15) is 19.2 Å². The van der Waals surface area contributed by atoms with Crippen molar-refractivity contribution in [3.05, 3.63) is 24.3 Å². The number of carbonyl (C=O) groups is 4. The molecule has 0 aliphatic carbocycles. The second-order valence-electron chi connectivity index (χ2n) is 4.33. The number of ether oxygens (including phenoxy) is 2. The second-order valence-corrected chi connectivity index (χ2v) is 4.33. The molecule has 0 aromatic rings. The average Bonchev–Trinajstić information content (AvgIpc) is 2.38. The van der Waals surface area contributed by atoms with E-state index in [4.69, 9.17) is 9.47 Å². The number of aldehydes is 2. The molecule has 0 saturated heterocycles. The van der Waals surface area contributed by atoms with Gasteiger partial charge < -0.3 is 14.3 Å². The van der Waals surface area contributed by atoms with Gasteiger partial charge in [0.25, 0.3) is 0 Å². The molecule has 0 N–H and O–H groups in total. The third-order valence-electron chi connectivity index (χ3n) is 2.25. The van der Waals surface area contributed by atoms with Gasteiger partial charge in [-0.2, -0.15) is 0 Å². The van der Waals surface area contributed by atoms with Crippen LogP contribution in [0.1, 0.15) is 33.1 Å². The van der Waals surface area contributed by atoms with E-state index in [1.54, 1.807) is 0 Å². The fourth-order valence-electron chi connectivity index (χ4n) is 1.15. The molecule has 0 spiro atoms. The lowest BCUT2D eigenvalue weighted by atomic mass is 10.1. The summed E-state index contributed by atoms with van der Waals surface area (Å²) in [7, 11) is 0. The third kappa shape index (κ3) is 5.60. The predicted molar refractivity (Wildman–Crippen MR) is 70.5 cm³/mol. The fourth-order valence-corrected chi connectivity index (χ4v) is 1.15. The Morgan fingerprint density at radius 1 is 1.05 bits per heavy atom. The van der Waals surface area contributed by atoms with Crippen LogP contribution in [-0.4, -0.2) is 30.3 Å². The van der Waals surface area contributed by atoms with Crippen molar-refractivity contribution >= 4 is 24.5 Å². The first kappa shape index (κ1) is 17.8. The lowest BCUT2D eigenvalue weighted by Crippen LogP contribution is -2.42. The predicted octanol–water partition coefficient (Wildman–Crippen LogP) is 1.49. The van der Waals surface area contributed by atoms with E-state index in [2.05, 4.69) is 13.2 Å². The van der Waals surface area contributed by atoms with E-state index in [0.717, 1.165) is 0 Å². The Hall–Kier alpha value is -2.24. The fraction of sp³-hybridized carbons (Fsp3) is 0.429. The van der Waals surface area contributed by atoms with Crippen LogP contribution in [0.4, 0.5) is 0 Å². The maximum Gasteiger partial charge on any atom is 0.336 e. The van der Waals surface area contributed by atoms with Crippen molar-refractivity contribution in [3.63, 3.8) is 0 Å². The normalized spacial score (nSPS) is 10.3. The molecule has 0 unspecified atom stereocenters. The number of esters is 2. The van der Waals surface area contributed by atoms with Gasteiger partial charge in [0.05, 0.1) is 0 Å². The molecule has 0 saturated carbocycles. The summed E-state index contributed by atoms with van der Waals surface area (Å²) in [6.07, 6.45) is 1.11. The molecule has 0 heterocycles. The zero-order valence-electron chi connectivity index (χ0n) is 11.6. The zero-order chi connectivity index (χ0) is 15.8. The van der Waals surface area contributed by atoms with E-state index in [1.807, 2.05) is 0 Å². The maximum absolute atomic E-state index is 11.5. The van der Waals surface area contributed by atoms with E-state index in [0.29, 0.717) is 6.29 Å². The summed E-state index contributed by atoms with van der Waals surface area (Å²) in [5, 5.41) is 0. The Labute approximate surface area is 117 Å². The summed E-state index contributed by atoms with van der Waals surface area (Å²) >= 11 is 0. The minimum atomic E-state index is -2.06. The van der Waals surface area contributed by atoms with E-state index < -0.39 is 17.7 Å². The number of carbonyl (C=O) groups excluding carboxylic acids is 4. The Kier molecular flexibility index (Phi) is 7.14. The molecule has 0 bridgehead atoms. The number of unbranched alkanes of at least 4 members (excludes halogenated alkanes) is 1.